The van der Waals surface area contributed by atoms with Crippen LogP contribution < -0.4 is 0 Å². The summed E-state index contributed by atoms with van der Waals surface area (Å²) in [5.74, 6) is 0. The lowest BCUT2D eigenvalue weighted by Crippen LogP contribution is -2.50. The van der Waals surface area contributed by atoms with E-state index >= 15 is 0 Å². The van der Waals surface area contributed by atoms with Gasteiger partial charge in [-0.15, -0.1) is 0 Å². The number of nitrogens with zero attached hydrogens (tertiary/aromatic N) is 1. The van der Waals surface area contributed by atoms with Crippen molar-refractivity contribution < 1.29 is 9.59 Å². The molecule has 0 aliphatic rings. The van der Waals surface area contributed by atoms with E-state index in [1.807, 2.05) is 30.3 Å². The lowest BCUT2D eigenvalue weighted by molar-refractivity contribution is -0.917. The number of quaternary nitrogens is 1. The van der Waals surface area contributed by atoms with Gasteiger partial charge in [-0.3, -0.25) is 0 Å². The zero-order valence-corrected chi connectivity index (χ0v) is 17.2. The first-order valence-corrected chi connectivity index (χ1v) is 10.5. The molecule has 1 aromatic carbocycles. The number of likely N-dealkylation sites (N-methyl/N-ethyl adjacent to an activating group) is 1. The van der Waals surface area contributed by atoms with Gasteiger partial charge in [0, 0.05) is 0 Å². The van der Waals surface area contributed by atoms with Gasteiger partial charge in [-0.05, 0) is 25.3 Å². The fourth-order valence-corrected chi connectivity index (χ4v) is 3.52. The van der Waals surface area contributed by atoms with Crippen LogP contribution in [-0.4, -0.2) is 36.3 Å². The van der Waals surface area contributed by atoms with Crippen LogP contribution in [0.5, 0.6) is 0 Å². The van der Waals surface area contributed by atoms with E-state index in [-0.39, 0.29) is 12.1 Å². The van der Waals surface area contributed by atoms with Crippen molar-refractivity contribution in [2.24, 2.45) is 0 Å². The first-order valence-electron chi connectivity index (χ1n) is 10.5. The summed E-state index contributed by atoms with van der Waals surface area (Å²) in [6.07, 6.45) is 13.4. The average Bonchev–Trinajstić information content (AvgIpc) is 2.62. The van der Waals surface area contributed by atoms with Crippen LogP contribution in [0.25, 0.3) is 0 Å². The maximum atomic E-state index is 10.7. The highest BCUT2D eigenvalue weighted by atomic mass is 16.3. The molecule has 0 heterocycles. The molecule has 1 aromatic rings. The molecule has 0 amide bonds. The Morgan fingerprint density at radius 3 is 1.80 bits per heavy atom. The molecule has 1 rings (SSSR count). The van der Waals surface area contributed by atoms with E-state index < -0.39 is 0 Å². The van der Waals surface area contributed by atoms with Crippen molar-refractivity contribution in [3.05, 3.63) is 35.9 Å². The Morgan fingerprint density at radius 1 is 0.800 bits per heavy atom. The fraction of sp³-hybridized carbons (Fsp3) is 0.739. The molecule has 144 valence electrons. The third-order valence-electron chi connectivity index (χ3n) is 5.79. The van der Waals surface area contributed by atoms with Crippen molar-refractivity contribution in [2.75, 3.05) is 20.6 Å². The van der Waals surface area contributed by atoms with Crippen LogP contribution in [0.1, 0.15) is 89.7 Å². The van der Waals surface area contributed by atoms with Gasteiger partial charge < -0.3 is 9.59 Å². The average molecular weight is 349 g/mol. The molecule has 1 N–H and O–H groups in total. The van der Waals surface area contributed by atoms with Gasteiger partial charge in [0.2, 0.25) is 0 Å². The zero-order valence-electron chi connectivity index (χ0n) is 17.2. The zero-order chi connectivity index (χ0) is 18.5. The third kappa shape index (κ3) is 8.87. The summed E-state index contributed by atoms with van der Waals surface area (Å²) in [6, 6.07) is 10.3. The Bertz CT molecular complexity index is 429. The van der Waals surface area contributed by atoms with Gasteiger partial charge in [0.05, 0.1) is 20.6 Å². The molecule has 0 bridgehead atoms. The number of aliphatic hydroxyl groups is 1. The maximum Gasteiger partial charge on any atom is 0.130 e. The molecule has 2 heteroatoms. The minimum absolute atomic E-state index is 0.209. The third-order valence-corrected chi connectivity index (χ3v) is 5.79. The monoisotopic (exact) mass is 348 g/mol. The summed E-state index contributed by atoms with van der Waals surface area (Å²) in [5.41, 5.74) is 1.03. The van der Waals surface area contributed by atoms with E-state index in [0.29, 0.717) is 0 Å². The Kier molecular flexibility index (Phi) is 11.1. The van der Waals surface area contributed by atoms with Gasteiger partial charge >= 0.3 is 0 Å². The summed E-state index contributed by atoms with van der Waals surface area (Å²) in [4.78, 5) is 0. The van der Waals surface area contributed by atoms with Crippen LogP contribution in [0.15, 0.2) is 30.3 Å². The summed E-state index contributed by atoms with van der Waals surface area (Å²) < 4.78 is 0.882. The standard InChI is InChI=1S/C23H42NO/c1-5-6-7-8-9-10-11-12-13-17-20-24(3,4)21(2)23(25)22-18-15-14-16-19-22/h14-16,18-19,21,23,25H,5-13,17,20H2,1-4H3/q+1/t21-,23+/m0/s1. The van der Waals surface area contributed by atoms with E-state index in [1.165, 1.54) is 64.2 Å². The lowest BCUT2D eigenvalue weighted by Gasteiger charge is -2.38. The van der Waals surface area contributed by atoms with E-state index in [1.54, 1.807) is 0 Å². The number of hydrogen-bond donors (Lipinski definition) is 1. The molecular weight excluding hydrogens is 306 g/mol. The predicted molar refractivity (Wildman–Crippen MR) is 110 cm³/mol. The minimum Gasteiger partial charge on any atom is -0.382 e. The molecule has 0 spiro atoms. The molecule has 0 aliphatic carbocycles. The van der Waals surface area contributed by atoms with E-state index in [9.17, 15) is 5.11 Å². The molecule has 0 radical (unpaired) electrons. The molecule has 0 saturated heterocycles. The lowest BCUT2D eigenvalue weighted by atomic mass is 10.0. The van der Waals surface area contributed by atoms with E-state index in [2.05, 4.69) is 27.9 Å². The summed E-state index contributed by atoms with van der Waals surface area (Å²) in [5, 5.41) is 10.7. The highest BCUT2D eigenvalue weighted by Gasteiger charge is 2.30. The van der Waals surface area contributed by atoms with Gasteiger partial charge in [0.25, 0.3) is 0 Å². The molecule has 25 heavy (non-hydrogen) atoms. The number of unbranched alkanes of at least 4 members (excludes halogenated alkanes) is 9. The van der Waals surface area contributed by atoms with Crippen molar-refractivity contribution in [3.63, 3.8) is 0 Å². The van der Waals surface area contributed by atoms with E-state index in [4.69, 9.17) is 0 Å². The summed E-state index contributed by atoms with van der Waals surface area (Å²) in [7, 11) is 4.51. The Labute approximate surface area is 156 Å². The van der Waals surface area contributed by atoms with Crippen molar-refractivity contribution in [3.8, 4) is 0 Å². The fourth-order valence-electron chi connectivity index (χ4n) is 3.52. The predicted octanol–water partition coefficient (Wildman–Crippen LogP) is 6.11. The van der Waals surface area contributed by atoms with Crippen LogP contribution >= 0.6 is 0 Å². The highest BCUT2D eigenvalue weighted by molar-refractivity contribution is 5.18. The van der Waals surface area contributed by atoms with Crippen LogP contribution in [0.2, 0.25) is 0 Å². The Morgan fingerprint density at radius 2 is 1.28 bits per heavy atom. The number of rotatable bonds is 14. The minimum atomic E-state index is -0.390. The van der Waals surface area contributed by atoms with Crippen LogP contribution in [-0.2, 0) is 0 Å². The SMILES string of the molecule is CCCCCCCCCCCC[N+](C)(C)[C@@H](C)[C@@H](O)c1ccccc1. The first-order chi connectivity index (χ1) is 12.0. The van der Waals surface area contributed by atoms with Crippen molar-refractivity contribution in [2.45, 2.75) is 90.2 Å². The quantitative estimate of drug-likeness (QED) is 0.318. The molecule has 0 aromatic heterocycles. The molecule has 0 unspecified atom stereocenters. The van der Waals surface area contributed by atoms with Crippen LogP contribution in [0, 0.1) is 0 Å². The van der Waals surface area contributed by atoms with Crippen molar-refractivity contribution in [1.29, 1.82) is 0 Å². The van der Waals surface area contributed by atoms with Crippen LogP contribution in [0.4, 0.5) is 0 Å². The smallest absolute Gasteiger partial charge is 0.130 e. The number of hydrogen-bond acceptors (Lipinski definition) is 1. The molecule has 2 nitrogen and oxygen atoms in total. The molecule has 0 fully saturated rings. The molecule has 0 saturated carbocycles. The first kappa shape index (κ1) is 22.2. The second-order valence-electron chi connectivity index (χ2n) is 8.28. The van der Waals surface area contributed by atoms with Gasteiger partial charge in [0.15, 0.2) is 0 Å². The van der Waals surface area contributed by atoms with Crippen molar-refractivity contribution >= 4 is 0 Å². The number of aliphatic hydroxyl groups excluding tert-OH is 1. The Balaban J connectivity index is 2.18. The summed E-state index contributed by atoms with van der Waals surface area (Å²) in [6.45, 7) is 5.59. The normalized spacial score (nSPS) is 14.4. The molecular formula is C23H42NO+. The number of benzene rings is 1. The van der Waals surface area contributed by atoms with Gasteiger partial charge in [0.1, 0.15) is 12.1 Å². The topological polar surface area (TPSA) is 20.2 Å². The molecule has 2 atom stereocenters. The van der Waals surface area contributed by atoms with Crippen LogP contribution in [0.3, 0.4) is 0 Å². The van der Waals surface area contributed by atoms with Gasteiger partial charge in [-0.1, -0.05) is 88.6 Å². The van der Waals surface area contributed by atoms with Gasteiger partial charge in [-0.25, -0.2) is 0 Å². The largest absolute Gasteiger partial charge is 0.382 e. The summed E-state index contributed by atoms with van der Waals surface area (Å²) >= 11 is 0. The second kappa shape index (κ2) is 12.5. The second-order valence-corrected chi connectivity index (χ2v) is 8.28. The highest BCUT2D eigenvalue weighted by Crippen LogP contribution is 2.24. The van der Waals surface area contributed by atoms with Gasteiger partial charge in [-0.2, -0.15) is 0 Å². The molecule has 0 aliphatic heterocycles. The Hall–Kier alpha value is -0.860. The van der Waals surface area contributed by atoms with Crippen molar-refractivity contribution in [1.82, 2.24) is 0 Å². The van der Waals surface area contributed by atoms with E-state index in [0.717, 1.165) is 16.6 Å². The maximum absolute atomic E-state index is 10.7.